The van der Waals surface area contributed by atoms with Gasteiger partial charge in [0.25, 0.3) is 0 Å². The van der Waals surface area contributed by atoms with Crippen LogP contribution in [0.4, 0.5) is 10.1 Å². The number of hydrogen-bond acceptors (Lipinski definition) is 3. The quantitative estimate of drug-likeness (QED) is 0.646. The number of unbranched alkanes of at least 4 members (excludes halogenated alkanes) is 2. The van der Waals surface area contributed by atoms with Crippen molar-refractivity contribution in [2.45, 2.75) is 38.0 Å². The maximum Gasteiger partial charge on any atom is 0.242 e. The van der Waals surface area contributed by atoms with Gasteiger partial charge in [-0.25, -0.2) is 17.1 Å². The Hall–Kier alpha value is -1.14. The molecular formula is C13H21FN2O2S. The van der Waals surface area contributed by atoms with Gasteiger partial charge in [0.05, 0.1) is 10.6 Å². The number of nitrogen functional groups attached to an aromatic ring is 1. The van der Waals surface area contributed by atoms with Crippen molar-refractivity contribution in [2.75, 3.05) is 19.3 Å². The third kappa shape index (κ3) is 3.67. The molecule has 1 aromatic rings. The molecule has 0 saturated heterocycles. The first kappa shape index (κ1) is 15.9. The highest BCUT2D eigenvalue weighted by molar-refractivity contribution is 7.89. The highest BCUT2D eigenvalue weighted by Gasteiger charge is 2.22. The molecule has 1 aromatic carbocycles. The van der Waals surface area contributed by atoms with Gasteiger partial charge >= 0.3 is 0 Å². The monoisotopic (exact) mass is 288 g/mol. The summed E-state index contributed by atoms with van der Waals surface area (Å²) in [4.78, 5) is 0.0444. The number of hydrogen-bond donors (Lipinski definition) is 1. The molecule has 0 heterocycles. The zero-order chi connectivity index (χ0) is 14.6. The van der Waals surface area contributed by atoms with E-state index in [1.807, 2.05) is 0 Å². The maximum atomic E-state index is 13.4. The predicted molar refractivity (Wildman–Crippen MR) is 74.9 cm³/mol. The molecule has 0 aromatic heterocycles. The standard InChI is InChI=1S/C13H21FN2O2S/c1-4-5-6-7-16(3)19(17,18)11-8-10(2)13(14)12(15)9-11/h8-9H,4-7,15H2,1-3H3. The Kier molecular flexibility index (Phi) is 5.31. The van der Waals surface area contributed by atoms with E-state index in [0.29, 0.717) is 6.54 Å². The number of nitrogens with zero attached hydrogens (tertiary/aromatic N) is 1. The highest BCUT2D eigenvalue weighted by atomic mass is 32.2. The minimum absolute atomic E-state index is 0.0444. The molecule has 0 bridgehead atoms. The zero-order valence-corrected chi connectivity index (χ0v) is 12.4. The third-order valence-corrected chi connectivity index (χ3v) is 4.88. The summed E-state index contributed by atoms with van der Waals surface area (Å²) < 4.78 is 39.3. The fourth-order valence-electron chi connectivity index (χ4n) is 1.80. The molecule has 108 valence electrons. The second-order valence-electron chi connectivity index (χ2n) is 4.68. The number of rotatable bonds is 6. The van der Waals surface area contributed by atoms with Gasteiger partial charge in [-0.05, 0) is 31.0 Å². The number of halogens is 1. The molecule has 1 rings (SSSR count). The lowest BCUT2D eigenvalue weighted by atomic mass is 10.2. The van der Waals surface area contributed by atoms with Gasteiger partial charge in [-0.2, -0.15) is 0 Å². The second-order valence-corrected chi connectivity index (χ2v) is 6.72. The van der Waals surface area contributed by atoms with Crippen molar-refractivity contribution < 1.29 is 12.8 Å². The molecule has 4 nitrogen and oxygen atoms in total. The van der Waals surface area contributed by atoms with Crippen molar-refractivity contribution >= 4 is 15.7 Å². The Morgan fingerprint density at radius 1 is 1.32 bits per heavy atom. The topological polar surface area (TPSA) is 63.4 Å². The first-order valence-corrected chi connectivity index (χ1v) is 7.76. The molecule has 19 heavy (non-hydrogen) atoms. The van der Waals surface area contributed by atoms with Gasteiger partial charge in [0, 0.05) is 13.6 Å². The summed E-state index contributed by atoms with van der Waals surface area (Å²) in [5.41, 5.74) is 5.58. The van der Waals surface area contributed by atoms with Gasteiger partial charge < -0.3 is 5.73 Å². The van der Waals surface area contributed by atoms with E-state index >= 15 is 0 Å². The first-order valence-electron chi connectivity index (χ1n) is 6.32. The van der Waals surface area contributed by atoms with Gasteiger partial charge in [0.1, 0.15) is 5.82 Å². The number of sulfonamides is 1. The van der Waals surface area contributed by atoms with E-state index in [1.54, 1.807) is 0 Å². The molecule has 6 heteroatoms. The summed E-state index contributed by atoms with van der Waals surface area (Å²) in [6.07, 6.45) is 2.81. The smallest absolute Gasteiger partial charge is 0.242 e. The van der Waals surface area contributed by atoms with Crippen molar-refractivity contribution in [3.8, 4) is 0 Å². The minimum atomic E-state index is -3.59. The van der Waals surface area contributed by atoms with E-state index in [2.05, 4.69) is 6.92 Å². The van der Waals surface area contributed by atoms with Crippen LogP contribution in [0.15, 0.2) is 17.0 Å². The van der Waals surface area contributed by atoms with Gasteiger partial charge in [0.2, 0.25) is 10.0 Å². The second kappa shape index (κ2) is 6.34. The van der Waals surface area contributed by atoms with Crippen molar-refractivity contribution in [1.29, 1.82) is 0 Å². The number of benzene rings is 1. The Bertz CT molecular complexity index is 521. The van der Waals surface area contributed by atoms with Gasteiger partial charge in [0.15, 0.2) is 0 Å². The largest absolute Gasteiger partial charge is 0.396 e. The average Bonchev–Trinajstić information content (AvgIpc) is 2.35. The summed E-state index contributed by atoms with van der Waals surface area (Å²) >= 11 is 0. The summed E-state index contributed by atoms with van der Waals surface area (Å²) in [6.45, 7) is 4.01. The molecule has 0 atom stereocenters. The van der Waals surface area contributed by atoms with Gasteiger partial charge in [-0.15, -0.1) is 0 Å². The maximum absolute atomic E-state index is 13.4. The van der Waals surface area contributed by atoms with Crippen LogP contribution in [0.5, 0.6) is 0 Å². The van der Waals surface area contributed by atoms with Gasteiger partial charge in [-0.1, -0.05) is 19.8 Å². The molecule has 0 unspecified atom stereocenters. The molecule has 0 saturated carbocycles. The van der Waals surface area contributed by atoms with Crippen LogP contribution in [0.2, 0.25) is 0 Å². The van der Waals surface area contributed by atoms with Crippen LogP contribution in [0.25, 0.3) is 0 Å². The molecule has 0 spiro atoms. The van der Waals surface area contributed by atoms with Crippen molar-refractivity contribution in [3.63, 3.8) is 0 Å². The Morgan fingerprint density at radius 2 is 1.95 bits per heavy atom. The summed E-state index contributed by atoms with van der Waals surface area (Å²) in [6, 6.07) is 2.49. The van der Waals surface area contributed by atoms with Crippen LogP contribution in [0.3, 0.4) is 0 Å². The molecule has 0 fully saturated rings. The van der Waals surface area contributed by atoms with E-state index in [-0.39, 0.29) is 16.1 Å². The molecular weight excluding hydrogens is 267 g/mol. The Balaban J connectivity index is 3.00. The number of nitrogens with two attached hydrogens (primary N) is 1. The molecule has 0 radical (unpaired) electrons. The lowest BCUT2D eigenvalue weighted by Crippen LogP contribution is -2.28. The SMILES string of the molecule is CCCCCN(C)S(=O)(=O)c1cc(C)c(F)c(N)c1. The van der Waals surface area contributed by atoms with Crippen LogP contribution in [-0.2, 0) is 10.0 Å². The van der Waals surface area contributed by atoms with Crippen molar-refractivity contribution in [3.05, 3.63) is 23.5 Å². The first-order chi connectivity index (χ1) is 8.80. The Labute approximate surface area is 114 Å². The van der Waals surface area contributed by atoms with Crippen LogP contribution >= 0.6 is 0 Å². The highest BCUT2D eigenvalue weighted by Crippen LogP contribution is 2.23. The lowest BCUT2D eigenvalue weighted by Gasteiger charge is -2.18. The van der Waals surface area contributed by atoms with Crippen LogP contribution < -0.4 is 5.73 Å². The summed E-state index contributed by atoms with van der Waals surface area (Å²) in [5.74, 6) is -0.562. The fourth-order valence-corrected chi connectivity index (χ4v) is 3.13. The predicted octanol–water partition coefficient (Wildman–Crippen LogP) is 2.53. The lowest BCUT2D eigenvalue weighted by molar-refractivity contribution is 0.454. The van der Waals surface area contributed by atoms with E-state index in [4.69, 9.17) is 5.73 Å². The molecule has 0 aliphatic heterocycles. The van der Waals surface area contributed by atoms with Crippen LogP contribution in [0, 0.1) is 12.7 Å². The zero-order valence-electron chi connectivity index (χ0n) is 11.6. The summed E-state index contributed by atoms with van der Waals surface area (Å²) in [5, 5.41) is 0. The van der Waals surface area contributed by atoms with Gasteiger partial charge in [-0.3, -0.25) is 0 Å². The minimum Gasteiger partial charge on any atom is -0.396 e. The van der Waals surface area contributed by atoms with Crippen molar-refractivity contribution in [1.82, 2.24) is 4.31 Å². The summed E-state index contributed by atoms with van der Waals surface area (Å²) in [7, 11) is -2.07. The number of anilines is 1. The third-order valence-electron chi connectivity index (χ3n) is 3.04. The normalized spacial score (nSPS) is 12.1. The van der Waals surface area contributed by atoms with Crippen molar-refractivity contribution in [2.24, 2.45) is 0 Å². The van der Waals surface area contributed by atoms with Crippen LogP contribution in [0.1, 0.15) is 31.7 Å². The molecule has 0 aliphatic rings. The van der Waals surface area contributed by atoms with E-state index in [9.17, 15) is 12.8 Å². The van der Waals surface area contributed by atoms with E-state index in [1.165, 1.54) is 30.4 Å². The number of aryl methyl sites for hydroxylation is 1. The average molecular weight is 288 g/mol. The van der Waals surface area contributed by atoms with E-state index < -0.39 is 15.8 Å². The Morgan fingerprint density at radius 3 is 2.47 bits per heavy atom. The molecule has 0 amide bonds. The molecule has 2 N–H and O–H groups in total. The van der Waals surface area contributed by atoms with E-state index in [0.717, 1.165) is 19.3 Å². The molecule has 0 aliphatic carbocycles. The fraction of sp³-hybridized carbons (Fsp3) is 0.538. The van der Waals surface area contributed by atoms with Crippen LogP contribution in [-0.4, -0.2) is 26.3 Å².